The molecule has 6 heteroatoms. The molecule has 0 aliphatic heterocycles. The number of ether oxygens (including phenoxy) is 1. The van der Waals surface area contributed by atoms with Gasteiger partial charge in [-0.25, -0.2) is 9.38 Å². The Hall–Kier alpha value is -2.76. The summed E-state index contributed by atoms with van der Waals surface area (Å²) in [6.45, 7) is 1.38. The zero-order valence-corrected chi connectivity index (χ0v) is 10.7. The van der Waals surface area contributed by atoms with E-state index in [4.69, 9.17) is 10.5 Å². The minimum atomic E-state index is -0.564. The van der Waals surface area contributed by atoms with Crippen LogP contribution >= 0.6 is 0 Å². The lowest BCUT2D eigenvalue weighted by Crippen LogP contribution is -1.93. The molecular weight excluding hydrogens is 261 g/mol. The average Bonchev–Trinajstić information content (AvgIpc) is 2.42. The van der Waals surface area contributed by atoms with Crippen molar-refractivity contribution in [2.24, 2.45) is 4.99 Å². The highest BCUT2D eigenvalue weighted by Crippen LogP contribution is 2.31. The predicted molar refractivity (Wildman–Crippen MR) is 74.0 cm³/mol. The summed E-state index contributed by atoms with van der Waals surface area (Å²) in [5, 5.41) is 0. The van der Waals surface area contributed by atoms with E-state index in [-0.39, 0.29) is 17.2 Å². The summed E-state index contributed by atoms with van der Waals surface area (Å²) in [6, 6.07) is 5.69. The number of nitrogen functional groups attached to an aromatic ring is 1. The van der Waals surface area contributed by atoms with Gasteiger partial charge in [-0.1, -0.05) is 0 Å². The third-order valence-electron chi connectivity index (χ3n) is 2.35. The SMILES string of the molecule is CC(=O)/C=N\c1cnccc1Oc1ccc(N)c(F)c1. The summed E-state index contributed by atoms with van der Waals surface area (Å²) in [7, 11) is 0. The van der Waals surface area contributed by atoms with Crippen molar-refractivity contribution in [2.45, 2.75) is 6.92 Å². The maximum atomic E-state index is 13.3. The van der Waals surface area contributed by atoms with Gasteiger partial charge in [0.25, 0.3) is 0 Å². The minimum absolute atomic E-state index is 0.0434. The second kappa shape index (κ2) is 5.92. The van der Waals surface area contributed by atoms with Gasteiger partial charge in [-0.05, 0) is 12.1 Å². The monoisotopic (exact) mass is 273 g/mol. The van der Waals surface area contributed by atoms with Crippen LogP contribution in [0.1, 0.15) is 6.92 Å². The Balaban J connectivity index is 2.29. The third kappa shape index (κ3) is 3.38. The van der Waals surface area contributed by atoms with Crippen molar-refractivity contribution in [2.75, 3.05) is 5.73 Å². The van der Waals surface area contributed by atoms with Crippen molar-refractivity contribution in [1.82, 2.24) is 4.98 Å². The number of Topliss-reactive ketones (excluding diaryl/α,β-unsaturated/α-hetero) is 1. The molecule has 0 unspecified atom stereocenters. The topological polar surface area (TPSA) is 77.6 Å². The van der Waals surface area contributed by atoms with Gasteiger partial charge in [0.15, 0.2) is 11.5 Å². The zero-order valence-electron chi connectivity index (χ0n) is 10.7. The second-order valence-corrected chi connectivity index (χ2v) is 4.00. The number of carbonyl (C=O) groups is 1. The Morgan fingerprint density at radius 3 is 2.95 bits per heavy atom. The first-order chi connectivity index (χ1) is 9.56. The summed E-state index contributed by atoms with van der Waals surface area (Å²) < 4.78 is 18.9. The van der Waals surface area contributed by atoms with E-state index in [0.29, 0.717) is 11.4 Å². The van der Waals surface area contributed by atoms with Crippen molar-refractivity contribution < 1.29 is 13.9 Å². The number of nitrogens with zero attached hydrogens (tertiary/aromatic N) is 2. The number of rotatable bonds is 4. The zero-order chi connectivity index (χ0) is 14.5. The molecule has 5 nitrogen and oxygen atoms in total. The summed E-state index contributed by atoms with van der Waals surface area (Å²) >= 11 is 0. The van der Waals surface area contributed by atoms with Crippen molar-refractivity contribution in [3.63, 3.8) is 0 Å². The minimum Gasteiger partial charge on any atom is -0.455 e. The van der Waals surface area contributed by atoms with Crippen LogP contribution in [0.5, 0.6) is 11.5 Å². The fourth-order valence-corrected chi connectivity index (χ4v) is 1.42. The van der Waals surface area contributed by atoms with Crippen LogP contribution in [0.25, 0.3) is 0 Å². The van der Waals surface area contributed by atoms with Crippen LogP contribution in [0.4, 0.5) is 15.8 Å². The molecule has 0 amide bonds. The number of benzene rings is 1. The van der Waals surface area contributed by atoms with Crippen LogP contribution in [0, 0.1) is 5.82 Å². The molecule has 2 aromatic rings. The van der Waals surface area contributed by atoms with E-state index in [1.165, 1.54) is 37.5 Å². The van der Waals surface area contributed by atoms with Crippen molar-refractivity contribution in [1.29, 1.82) is 0 Å². The molecule has 1 aromatic carbocycles. The average molecular weight is 273 g/mol. The van der Waals surface area contributed by atoms with Crippen LogP contribution < -0.4 is 10.5 Å². The third-order valence-corrected chi connectivity index (χ3v) is 2.35. The number of aromatic nitrogens is 1. The molecule has 0 saturated carbocycles. The number of carbonyl (C=O) groups excluding carboxylic acids is 1. The molecule has 20 heavy (non-hydrogen) atoms. The summed E-state index contributed by atoms with van der Waals surface area (Å²) in [5.74, 6) is -0.118. The van der Waals surface area contributed by atoms with Gasteiger partial charge in [-0.2, -0.15) is 0 Å². The first-order valence-corrected chi connectivity index (χ1v) is 5.78. The molecule has 0 aliphatic carbocycles. The molecule has 0 fully saturated rings. The lowest BCUT2D eigenvalue weighted by Gasteiger charge is -2.08. The summed E-state index contributed by atoms with van der Waals surface area (Å²) in [6.07, 6.45) is 4.12. The van der Waals surface area contributed by atoms with E-state index >= 15 is 0 Å². The fraction of sp³-hybridized carbons (Fsp3) is 0.0714. The molecular formula is C14H12FN3O2. The smallest absolute Gasteiger partial charge is 0.170 e. The van der Waals surface area contributed by atoms with Gasteiger partial charge in [-0.15, -0.1) is 0 Å². The maximum absolute atomic E-state index is 13.3. The number of halogens is 1. The number of nitrogens with two attached hydrogens (primary N) is 1. The Labute approximate surface area is 114 Å². The summed E-state index contributed by atoms with van der Waals surface area (Å²) in [4.78, 5) is 18.8. The fourth-order valence-electron chi connectivity index (χ4n) is 1.42. The van der Waals surface area contributed by atoms with E-state index in [2.05, 4.69) is 9.98 Å². The van der Waals surface area contributed by atoms with E-state index in [0.717, 1.165) is 6.21 Å². The highest BCUT2D eigenvalue weighted by atomic mass is 19.1. The molecule has 1 aromatic heterocycles. The van der Waals surface area contributed by atoms with Crippen molar-refractivity contribution >= 4 is 23.4 Å². The van der Waals surface area contributed by atoms with Gasteiger partial charge in [0.05, 0.1) is 18.1 Å². The number of anilines is 1. The molecule has 1 heterocycles. The van der Waals surface area contributed by atoms with Gasteiger partial charge >= 0.3 is 0 Å². The van der Waals surface area contributed by atoms with E-state index in [9.17, 15) is 9.18 Å². The predicted octanol–water partition coefficient (Wildman–Crippen LogP) is 2.89. The largest absolute Gasteiger partial charge is 0.455 e. The van der Waals surface area contributed by atoms with Crippen LogP contribution in [0.2, 0.25) is 0 Å². The molecule has 102 valence electrons. The standard InChI is InChI=1S/C14H12FN3O2/c1-9(19)7-18-13-8-17-5-4-14(13)20-10-2-3-12(16)11(15)6-10/h2-8H,16H2,1H3/b18-7-. The van der Waals surface area contributed by atoms with Gasteiger partial charge in [0, 0.05) is 25.3 Å². The molecule has 0 aliphatic rings. The van der Waals surface area contributed by atoms with Gasteiger partial charge in [0.1, 0.15) is 17.3 Å². The molecule has 2 rings (SSSR count). The molecule has 0 radical (unpaired) electrons. The van der Waals surface area contributed by atoms with E-state index in [1.54, 1.807) is 6.07 Å². The number of hydrogen-bond acceptors (Lipinski definition) is 5. The lowest BCUT2D eigenvalue weighted by molar-refractivity contribution is -0.110. The lowest BCUT2D eigenvalue weighted by atomic mass is 10.3. The number of ketones is 1. The maximum Gasteiger partial charge on any atom is 0.170 e. The molecule has 0 bridgehead atoms. The van der Waals surface area contributed by atoms with Crippen LogP contribution in [-0.2, 0) is 4.79 Å². The Bertz CT molecular complexity index is 671. The Kier molecular flexibility index (Phi) is 4.05. The molecule has 0 saturated heterocycles. The normalized spacial score (nSPS) is 10.7. The van der Waals surface area contributed by atoms with Crippen LogP contribution in [0.15, 0.2) is 41.7 Å². The van der Waals surface area contributed by atoms with Gasteiger partial charge < -0.3 is 10.5 Å². The molecule has 2 N–H and O–H groups in total. The highest BCUT2D eigenvalue weighted by molar-refractivity contribution is 6.26. The van der Waals surface area contributed by atoms with Gasteiger partial charge in [0.2, 0.25) is 0 Å². The molecule has 0 spiro atoms. The quantitative estimate of drug-likeness (QED) is 0.686. The van der Waals surface area contributed by atoms with E-state index < -0.39 is 5.82 Å². The number of pyridine rings is 1. The van der Waals surface area contributed by atoms with E-state index in [1.807, 2.05) is 0 Å². The number of hydrogen-bond donors (Lipinski definition) is 1. The van der Waals surface area contributed by atoms with Crippen molar-refractivity contribution in [3.8, 4) is 11.5 Å². The van der Waals surface area contributed by atoms with Gasteiger partial charge in [-0.3, -0.25) is 9.78 Å². The van der Waals surface area contributed by atoms with Crippen molar-refractivity contribution in [3.05, 3.63) is 42.5 Å². The Morgan fingerprint density at radius 2 is 2.25 bits per heavy atom. The molecule has 0 atom stereocenters. The number of aliphatic imine (C=N–C) groups is 1. The summed E-state index contributed by atoms with van der Waals surface area (Å²) in [5.41, 5.74) is 5.81. The first kappa shape index (κ1) is 13.7. The Morgan fingerprint density at radius 1 is 1.45 bits per heavy atom. The van der Waals surface area contributed by atoms with Crippen LogP contribution in [-0.4, -0.2) is 17.0 Å². The highest BCUT2D eigenvalue weighted by Gasteiger charge is 2.06. The van der Waals surface area contributed by atoms with Crippen LogP contribution in [0.3, 0.4) is 0 Å². The first-order valence-electron chi connectivity index (χ1n) is 5.78. The second-order valence-electron chi connectivity index (χ2n) is 4.00.